The Hall–Kier alpha value is -3.88. The van der Waals surface area contributed by atoms with Gasteiger partial charge in [-0.25, -0.2) is 0 Å². The quantitative estimate of drug-likeness (QED) is 0.422. The van der Waals surface area contributed by atoms with E-state index in [-0.39, 0.29) is 17.6 Å². The SMILES string of the molecule is COc1ccc(N2CCC(NC(=O)c3ccc(Cn4nc(C)c([N+](=O)[O-])c4C)cc3)CC2)cc1. The minimum absolute atomic E-state index is 0.0500. The van der Waals surface area contributed by atoms with Crippen molar-refractivity contribution >= 4 is 17.3 Å². The summed E-state index contributed by atoms with van der Waals surface area (Å²) in [4.78, 5) is 25.9. The highest BCUT2D eigenvalue weighted by molar-refractivity contribution is 5.94. The number of piperidine rings is 1. The number of rotatable bonds is 7. The van der Waals surface area contributed by atoms with Crippen molar-refractivity contribution < 1.29 is 14.5 Å². The van der Waals surface area contributed by atoms with Crippen LogP contribution in [0.5, 0.6) is 5.75 Å². The van der Waals surface area contributed by atoms with Gasteiger partial charge in [0, 0.05) is 30.4 Å². The van der Waals surface area contributed by atoms with Crippen molar-refractivity contribution in [3.63, 3.8) is 0 Å². The fourth-order valence-corrected chi connectivity index (χ4v) is 4.38. The van der Waals surface area contributed by atoms with Gasteiger partial charge in [0.2, 0.25) is 0 Å². The van der Waals surface area contributed by atoms with Crippen molar-refractivity contribution in [1.29, 1.82) is 0 Å². The average molecular weight is 464 g/mol. The summed E-state index contributed by atoms with van der Waals surface area (Å²) in [5.41, 5.74) is 3.65. The Kier molecular flexibility index (Phi) is 6.81. The number of hydrogen-bond acceptors (Lipinski definition) is 6. The van der Waals surface area contributed by atoms with Crippen LogP contribution < -0.4 is 15.0 Å². The highest BCUT2D eigenvalue weighted by Crippen LogP contribution is 2.24. The lowest BCUT2D eigenvalue weighted by molar-refractivity contribution is -0.386. The van der Waals surface area contributed by atoms with Crippen molar-refractivity contribution in [2.45, 2.75) is 39.3 Å². The minimum atomic E-state index is -0.400. The number of benzene rings is 2. The van der Waals surface area contributed by atoms with Crippen molar-refractivity contribution in [3.05, 3.63) is 81.2 Å². The number of carbonyl (C=O) groups excluding carboxylic acids is 1. The highest BCUT2D eigenvalue weighted by Gasteiger charge is 2.23. The Morgan fingerprint density at radius 2 is 1.76 bits per heavy atom. The van der Waals surface area contributed by atoms with Gasteiger partial charge in [-0.05, 0) is 68.7 Å². The number of amides is 1. The summed E-state index contributed by atoms with van der Waals surface area (Å²) in [5.74, 6) is 0.754. The Balaban J connectivity index is 1.31. The molecular weight excluding hydrogens is 434 g/mol. The predicted octanol–water partition coefficient (Wildman–Crippen LogP) is 3.86. The van der Waals surface area contributed by atoms with Crippen molar-refractivity contribution in [1.82, 2.24) is 15.1 Å². The number of nitrogens with one attached hydrogen (secondary N) is 1. The molecule has 0 saturated carbocycles. The van der Waals surface area contributed by atoms with E-state index in [0.717, 1.165) is 42.9 Å². The lowest BCUT2D eigenvalue weighted by Crippen LogP contribution is -2.44. The summed E-state index contributed by atoms with van der Waals surface area (Å²) in [6.45, 7) is 5.50. The van der Waals surface area contributed by atoms with Gasteiger partial charge >= 0.3 is 5.69 Å². The Bertz CT molecular complexity index is 1160. The van der Waals surface area contributed by atoms with E-state index in [1.54, 1.807) is 37.8 Å². The number of aryl methyl sites for hydroxylation is 1. The summed E-state index contributed by atoms with van der Waals surface area (Å²) in [7, 11) is 1.66. The maximum atomic E-state index is 12.8. The molecule has 4 rings (SSSR count). The smallest absolute Gasteiger partial charge is 0.312 e. The Morgan fingerprint density at radius 3 is 2.32 bits per heavy atom. The first-order chi connectivity index (χ1) is 16.4. The molecule has 0 unspecified atom stereocenters. The van der Waals surface area contributed by atoms with Gasteiger partial charge in [-0.3, -0.25) is 19.6 Å². The second kappa shape index (κ2) is 9.94. The van der Waals surface area contributed by atoms with E-state index >= 15 is 0 Å². The maximum absolute atomic E-state index is 12.8. The molecule has 0 atom stereocenters. The maximum Gasteiger partial charge on any atom is 0.312 e. The van der Waals surface area contributed by atoms with Gasteiger partial charge < -0.3 is 15.0 Å². The molecule has 1 fully saturated rings. The predicted molar refractivity (Wildman–Crippen MR) is 130 cm³/mol. The summed E-state index contributed by atoms with van der Waals surface area (Å²) < 4.78 is 6.85. The number of hydrogen-bond donors (Lipinski definition) is 1. The molecule has 2 aromatic carbocycles. The molecule has 0 bridgehead atoms. The number of ether oxygens (including phenoxy) is 1. The molecule has 9 heteroatoms. The molecule has 1 aliphatic heterocycles. The monoisotopic (exact) mass is 463 g/mol. The molecule has 9 nitrogen and oxygen atoms in total. The normalized spacial score (nSPS) is 14.1. The van der Waals surface area contributed by atoms with Crippen molar-refractivity contribution in [2.75, 3.05) is 25.1 Å². The van der Waals surface area contributed by atoms with Gasteiger partial charge in [0.15, 0.2) is 0 Å². The fourth-order valence-electron chi connectivity index (χ4n) is 4.38. The highest BCUT2D eigenvalue weighted by atomic mass is 16.6. The average Bonchev–Trinajstić information content (AvgIpc) is 3.12. The van der Waals surface area contributed by atoms with Gasteiger partial charge in [0.1, 0.15) is 17.1 Å². The van der Waals surface area contributed by atoms with Gasteiger partial charge in [-0.1, -0.05) is 12.1 Å². The fraction of sp³-hybridized carbons (Fsp3) is 0.360. The first-order valence-electron chi connectivity index (χ1n) is 11.3. The number of carbonyl (C=O) groups is 1. The molecule has 3 aromatic rings. The molecule has 2 heterocycles. The van der Waals surface area contributed by atoms with E-state index in [1.165, 1.54) is 0 Å². The van der Waals surface area contributed by atoms with E-state index in [4.69, 9.17) is 4.74 Å². The molecule has 0 radical (unpaired) electrons. The molecule has 1 saturated heterocycles. The second-order valence-corrected chi connectivity index (χ2v) is 8.56. The van der Waals surface area contributed by atoms with Crippen LogP contribution in [0.15, 0.2) is 48.5 Å². The van der Waals surface area contributed by atoms with E-state index in [9.17, 15) is 14.9 Å². The van der Waals surface area contributed by atoms with Crippen LogP contribution in [0, 0.1) is 24.0 Å². The zero-order chi connectivity index (χ0) is 24.2. The zero-order valence-corrected chi connectivity index (χ0v) is 19.7. The Labute approximate surface area is 198 Å². The van der Waals surface area contributed by atoms with Crippen LogP contribution in [0.25, 0.3) is 0 Å². The lowest BCUT2D eigenvalue weighted by atomic mass is 10.0. The standard InChI is InChI=1S/C25H29N5O4/c1-17-24(30(32)33)18(2)29(27-17)16-19-4-6-20(7-5-19)25(31)26-21-12-14-28(15-13-21)22-8-10-23(34-3)11-9-22/h4-11,21H,12-16H2,1-3H3,(H,26,31). The third kappa shape index (κ3) is 5.03. The molecule has 0 aliphatic carbocycles. The second-order valence-electron chi connectivity index (χ2n) is 8.56. The molecule has 1 N–H and O–H groups in total. The zero-order valence-electron chi connectivity index (χ0n) is 19.7. The van der Waals surface area contributed by atoms with E-state index < -0.39 is 4.92 Å². The summed E-state index contributed by atoms with van der Waals surface area (Å²) in [6, 6.07) is 15.5. The third-order valence-corrected chi connectivity index (χ3v) is 6.34. The summed E-state index contributed by atoms with van der Waals surface area (Å²) in [6.07, 6.45) is 1.76. The van der Waals surface area contributed by atoms with Crippen molar-refractivity contribution in [3.8, 4) is 5.75 Å². The Morgan fingerprint density at radius 1 is 1.12 bits per heavy atom. The van der Waals surface area contributed by atoms with Gasteiger partial charge in [-0.2, -0.15) is 5.10 Å². The van der Waals surface area contributed by atoms with Crippen LogP contribution in [0.3, 0.4) is 0 Å². The summed E-state index contributed by atoms with van der Waals surface area (Å²) >= 11 is 0. The van der Waals surface area contributed by atoms with E-state index in [0.29, 0.717) is 23.5 Å². The third-order valence-electron chi connectivity index (χ3n) is 6.34. The van der Waals surface area contributed by atoms with E-state index in [2.05, 4.69) is 27.4 Å². The molecule has 1 aliphatic rings. The molecular formula is C25H29N5O4. The van der Waals surface area contributed by atoms with Crippen LogP contribution in [0.1, 0.15) is 40.2 Å². The number of methoxy groups -OCH3 is 1. The first-order valence-corrected chi connectivity index (χ1v) is 11.3. The van der Waals surface area contributed by atoms with Crippen LogP contribution in [0.2, 0.25) is 0 Å². The molecule has 1 amide bonds. The number of aromatic nitrogens is 2. The summed E-state index contributed by atoms with van der Waals surface area (Å²) in [5, 5.41) is 18.6. The van der Waals surface area contributed by atoms with Crippen LogP contribution in [-0.4, -0.2) is 46.9 Å². The van der Waals surface area contributed by atoms with Crippen LogP contribution in [-0.2, 0) is 6.54 Å². The molecule has 1 aromatic heterocycles. The number of anilines is 1. The first kappa shape index (κ1) is 23.3. The van der Waals surface area contributed by atoms with Crippen molar-refractivity contribution in [2.24, 2.45) is 0 Å². The van der Waals surface area contributed by atoms with Crippen LogP contribution >= 0.6 is 0 Å². The molecule has 178 valence electrons. The van der Waals surface area contributed by atoms with E-state index in [1.807, 2.05) is 24.3 Å². The number of nitrogens with zero attached hydrogens (tertiary/aromatic N) is 4. The van der Waals surface area contributed by atoms with Gasteiger partial charge in [0.05, 0.1) is 18.6 Å². The minimum Gasteiger partial charge on any atom is -0.497 e. The molecule has 0 spiro atoms. The van der Waals surface area contributed by atoms with Crippen LogP contribution in [0.4, 0.5) is 11.4 Å². The topological polar surface area (TPSA) is 103 Å². The largest absolute Gasteiger partial charge is 0.497 e. The number of nitro groups is 1. The lowest BCUT2D eigenvalue weighted by Gasteiger charge is -2.34. The van der Waals surface area contributed by atoms with Gasteiger partial charge in [-0.15, -0.1) is 0 Å². The molecule has 34 heavy (non-hydrogen) atoms. The van der Waals surface area contributed by atoms with Gasteiger partial charge in [0.25, 0.3) is 5.91 Å².